The molecule has 1 aromatic heterocycles. The zero-order valence-electron chi connectivity index (χ0n) is 9.49. The van der Waals surface area contributed by atoms with Gasteiger partial charge >= 0.3 is 0 Å². The molecule has 88 valence electrons. The number of hydrogen-bond acceptors (Lipinski definition) is 4. The molecule has 1 saturated heterocycles. The van der Waals surface area contributed by atoms with Crippen LogP contribution in [0, 0.1) is 0 Å². The number of anilines is 2. The summed E-state index contributed by atoms with van der Waals surface area (Å²) in [6, 6.07) is 1.72. The fraction of sp³-hybridized carbons (Fsp3) is 0.545. The maximum absolute atomic E-state index is 5.99. The van der Waals surface area contributed by atoms with Gasteiger partial charge in [-0.2, -0.15) is 0 Å². The first kappa shape index (κ1) is 11.5. The molecule has 1 aliphatic heterocycles. The molecule has 0 bridgehead atoms. The smallest absolute Gasteiger partial charge is 0.153 e. The average molecular weight is 241 g/mol. The van der Waals surface area contributed by atoms with E-state index in [2.05, 4.69) is 21.7 Å². The highest BCUT2D eigenvalue weighted by atomic mass is 35.5. The molecule has 0 atom stereocenters. The number of rotatable bonds is 2. The van der Waals surface area contributed by atoms with E-state index in [9.17, 15) is 0 Å². The van der Waals surface area contributed by atoms with Crippen LogP contribution in [0.1, 0.15) is 6.92 Å². The largest absolute Gasteiger partial charge is 0.395 e. The van der Waals surface area contributed by atoms with Gasteiger partial charge in [0.15, 0.2) is 5.82 Å². The van der Waals surface area contributed by atoms with Crippen molar-refractivity contribution in [2.24, 2.45) is 0 Å². The van der Waals surface area contributed by atoms with Gasteiger partial charge in [0, 0.05) is 32.4 Å². The highest BCUT2D eigenvalue weighted by molar-refractivity contribution is 6.33. The monoisotopic (exact) mass is 240 g/mol. The molecule has 0 aromatic carbocycles. The van der Waals surface area contributed by atoms with Crippen LogP contribution in [0.3, 0.4) is 0 Å². The topological polar surface area (TPSA) is 45.4 Å². The lowest BCUT2D eigenvalue weighted by molar-refractivity contribution is 0.270. The Morgan fingerprint density at radius 1 is 1.38 bits per heavy atom. The SMILES string of the molecule is CCN1CCN(c2nccc(Cl)c2N)CC1. The molecule has 0 aliphatic carbocycles. The van der Waals surface area contributed by atoms with Crippen molar-refractivity contribution in [1.82, 2.24) is 9.88 Å². The molecule has 2 rings (SSSR count). The Morgan fingerprint density at radius 3 is 2.69 bits per heavy atom. The van der Waals surface area contributed by atoms with Gasteiger partial charge in [-0.05, 0) is 12.6 Å². The van der Waals surface area contributed by atoms with E-state index < -0.39 is 0 Å². The van der Waals surface area contributed by atoms with E-state index in [0.29, 0.717) is 10.7 Å². The number of nitrogen functional groups attached to an aromatic ring is 1. The van der Waals surface area contributed by atoms with Crippen LogP contribution in [0.5, 0.6) is 0 Å². The van der Waals surface area contributed by atoms with E-state index in [1.54, 1.807) is 12.3 Å². The summed E-state index contributed by atoms with van der Waals surface area (Å²) in [6.07, 6.45) is 1.71. The third-order valence-electron chi connectivity index (χ3n) is 3.03. The zero-order valence-corrected chi connectivity index (χ0v) is 10.2. The second-order valence-corrected chi connectivity index (χ2v) is 4.36. The molecule has 5 heteroatoms. The molecule has 0 unspecified atom stereocenters. The number of piperazine rings is 1. The molecule has 0 spiro atoms. The molecule has 1 fully saturated rings. The number of nitrogens with two attached hydrogens (primary N) is 1. The van der Waals surface area contributed by atoms with E-state index in [1.165, 1.54) is 0 Å². The van der Waals surface area contributed by atoms with Crippen molar-refractivity contribution < 1.29 is 0 Å². The minimum Gasteiger partial charge on any atom is -0.395 e. The number of halogens is 1. The van der Waals surface area contributed by atoms with Gasteiger partial charge in [0.2, 0.25) is 0 Å². The molecule has 2 heterocycles. The van der Waals surface area contributed by atoms with Gasteiger partial charge in [-0.25, -0.2) is 4.98 Å². The Kier molecular flexibility index (Phi) is 3.51. The molecular formula is C11H17ClN4. The summed E-state index contributed by atoms with van der Waals surface area (Å²) >= 11 is 5.99. The standard InChI is InChI=1S/C11H17ClN4/c1-2-15-5-7-16(8-6-15)11-10(13)9(12)3-4-14-11/h3-4H,2,5-8,13H2,1H3. The quantitative estimate of drug-likeness (QED) is 0.850. The molecule has 0 saturated carbocycles. The van der Waals surface area contributed by atoms with Crippen LogP contribution < -0.4 is 10.6 Å². The minimum atomic E-state index is 0.586. The Labute approximate surface area is 101 Å². The van der Waals surface area contributed by atoms with Crippen molar-refractivity contribution >= 4 is 23.1 Å². The Morgan fingerprint density at radius 2 is 2.06 bits per heavy atom. The van der Waals surface area contributed by atoms with E-state index in [0.717, 1.165) is 38.5 Å². The number of hydrogen-bond donors (Lipinski definition) is 1. The molecule has 1 aromatic rings. The number of likely N-dealkylation sites (N-methyl/N-ethyl adjacent to an activating group) is 1. The molecule has 4 nitrogen and oxygen atoms in total. The second kappa shape index (κ2) is 4.89. The number of pyridine rings is 1. The van der Waals surface area contributed by atoms with E-state index in [-0.39, 0.29) is 0 Å². The van der Waals surface area contributed by atoms with Crippen LogP contribution in [0.2, 0.25) is 5.02 Å². The second-order valence-electron chi connectivity index (χ2n) is 3.95. The maximum Gasteiger partial charge on any atom is 0.153 e. The molecule has 16 heavy (non-hydrogen) atoms. The van der Waals surface area contributed by atoms with Gasteiger partial charge in [-0.15, -0.1) is 0 Å². The van der Waals surface area contributed by atoms with E-state index >= 15 is 0 Å². The first-order valence-electron chi connectivity index (χ1n) is 5.59. The Balaban J connectivity index is 2.11. The Bertz CT molecular complexity index is 361. The highest BCUT2D eigenvalue weighted by Gasteiger charge is 2.19. The maximum atomic E-state index is 5.99. The first-order chi connectivity index (χ1) is 7.72. The first-order valence-corrected chi connectivity index (χ1v) is 5.97. The summed E-state index contributed by atoms with van der Waals surface area (Å²) in [5.74, 6) is 0.822. The highest BCUT2D eigenvalue weighted by Crippen LogP contribution is 2.28. The summed E-state index contributed by atoms with van der Waals surface area (Å²) in [5.41, 5.74) is 6.52. The summed E-state index contributed by atoms with van der Waals surface area (Å²) < 4.78 is 0. The lowest BCUT2D eigenvalue weighted by Gasteiger charge is -2.35. The third kappa shape index (κ3) is 2.23. The van der Waals surface area contributed by atoms with Gasteiger partial charge in [0.1, 0.15) is 0 Å². The predicted octanol–water partition coefficient (Wildman–Crippen LogP) is 1.46. The summed E-state index contributed by atoms with van der Waals surface area (Å²) in [7, 11) is 0. The van der Waals surface area contributed by atoms with Gasteiger partial charge < -0.3 is 15.5 Å². The van der Waals surface area contributed by atoms with Gasteiger partial charge in [-0.3, -0.25) is 0 Å². The van der Waals surface area contributed by atoms with Crippen LogP contribution in [0.25, 0.3) is 0 Å². The molecule has 1 aliphatic rings. The summed E-state index contributed by atoms with van der Waals surface area (Å²) in [5, 5.41) is 0.586. The van der Waals surface area contributed by atoms with Crippen molar-refractivity contribution in [2.75, 3.05) is 43.4 Å². The van der Waals surface area contributed by atoms with Crippen molar-refractivity contribution in [3.05, 3.63) is 17.3 Å². The fourth-order valence-corrected chi connectivity index (χ4v) is 2.11. The van der Waals surface area contributed by atoms with Crippen LogP contribution in [0.15, 0.2) is 12.3 Å². The molecule has 0 amide bonds. The van der Waals surface area contributed by atoms with Gasteiger partial charge in [0.05, 0.1) is 10.7 Å². The van der Waals surface area contributed by atoms with Crippen LogP contribution >= 0.6 is 11.6 Å². The van der Waals surface area contributed by atoms with E-state index in [1.807, 2.05) is 0 Å². The van der Waals surface area contributed by atoms with Crippen molar-refractivity contribution in [3.63, 3.8) is 0 Å². The Hall–Kier alpha value is -1.00. The third-order valence-corrected chi connectivity index (χ3v) is 3.36. The van der Waals surface area contributed by atoms with Crippen molar-refractivity contribution in [2.45, 2.75) is 6.92 Å². The predicted molar refractivity (Wildman–Crippen MR) is 68.0 cm³/mol. The van der Waals surface area contributed by atoms with Crippen LogP contribution in [-0.4, -0.2) is 42.6 Å². The van der Waals surface area contributed by atoms with Gasteiger partial charge in [-0.1, -0.05) is 18.5 Å². The number of nitrogens with zero attached hydrogens (tertiary/aromatic N) is 3. The molecule has 2 N–H and O–H groups in total. The van der Waals surface area contributed by atoms with Crippen molar-refractivity contribution in [3.8, 4) is 0 Å². The lowest BCUT2D eigenvalue weighted by Crippen LogP contribution is -2.46. The minimum absolute atomic E-state index is 0.586. The fourth-order valence-electron chi connectivity index (χ4n) is 1.97. The molecule has 0 radical (unpaired) electrons. The van der Waals surface area contributed by atoms with Crippen molar-refractivity contribution in [1.29, 1.82) is 0 Å². The summed E-state index contributed by atoms with van der Waals surface area (Å²) in [4.78, 5) is 8.93. The number of aromatic nitrogens is 1. The normalized spacial score (nSPS) is 17.8. The van der Waals surface area contributed by atoms with Crippen LogP contribution in [-0.2, 0) is 0 Å². The summed E-state index contributed by atoms with van der Waals surface area (Å²) in [6.45, 7) is 7.33. The van der Waals surface area contributed by atoms with Crippen LogP contribution in [0.4, 0.5) is 11.5 Å². The zero-order chi connectivity index (χ0) is 11.5. The average Bonchev–Trinajstić information content (AvgIpc) is 2.33. The van der Waals surface area contributed by atoms with E-state index in [4.69, 9.17) is 17.3 Å². The molecular weight excluding hydrogens is 224 g/mol. The van der Waals surface area contributed by atoms with Gasteiger partial charge in [0.25, 0.3) is 0 Å². The lowest BCUT2D eigenvalue weighted by atomic mass is 10.3.